The normalized spacial score (nSPS) is 26.8. The maximum absolute atomic E-state index is 12.5. The molecule has 2 bridgehead atoms. The van der Waals surface area contributed by atoms with Crippen LogP contribution >= 0.6 is 0 Å². The van der Waals surface area contributed by atoms with Gasteiger partial charge in [0, 0.05) is 25.7 Å². The number of hydrogen-bond donors (Lipinski definition) is 1. The van der Waals surface area contributed by atoms with E-state index in [9.17, 15) is 19.5 Å². The average molecular weight is 298 g/mol. The van der Waals surface area contributed by atoms with E-state index < -0.39 is 11.9 Å². The van der Waals surface area contributed by atoms with Gasteiger partial charge in [-0.25, -0.2) is 4.79 Å². The number of aliphatic carboxylic acids is 1. The van der Waals surface area contributed by atoms with E-state index in [1.807, 2.05) is 0 Å². The molecular formula is C14H22N2O5. The second-order valence-electron chi connectivity index (χ2n) is 5.65. The lowest BCUT2D eigenvalue weighted by atomic mass is 9.89. The van der Waals surface area contributed by atoms with E-state index in [1.165, 1.54) is 4.90 Å². The Morgan fingerprint density at radius 1 is 1.33 bits per heavy atom. The van der Waals surface area contributed by atoms with E-state index in [4.69, 9.17) is 4.74 Å². The second kappa shape index (κ2) is 6.32. The number of carboxylic acid groups (broad SMARTS) is 1. The van der Waals surface area contributed by atoms with Crippen molar-refractivity contribution >= 4 is 18.0 Å². The van der Waals surface area contributed by atoms with Gasteiger partial charge in [0.1, 0.15) is 0 Å². The Morgan fingerprint density at radius 2 is 2.05 bits per heavy atom. The van der Waals surface area contributed by atoms with Crippen molar-refractivity contribution in [2.45, 2.75) is 44.7 Å². The van der Waals surface area contributed by atoms with Gasteiger partial charge in [0.15, 0.2) is 0 Å². The summed E-state index contributed by atoms with van der Waals surface area (Å²) in [6.07, 6.45) is 2.31. The number of fused-ring (bicyclic) bond motifs is 2. The van der Waals surface area contributed by atoms with Crippen molar-refractivity contribution in [2.75, 3.05) is 20.2 Å². The molecule has 21 heavy (non-hydrogen) atoms. The molecule has 2 heterocycles. The van der Waals surface area contributed by atoms with E-state index in [2.05, 4.69) is 0 Å². The fraction of sp³-hybridized carbons (Fsp3) is 0.786. The molecular weight excluding hydrogens is 276 g/mol. The van der Waals surface area contributed by atoms with Gasteiger partial charge >= 0.3 is 18.0 Å². The zero-order valence-corrected chi connectivity index (χ0v) is 12.4. The van der Waals surface area contributed by atoms with Gasteiger partial charge in [-0.3, -0.25) is 9.59 Å². The summed E-state index contributed by atoms with van der Waals surface area (Å²) in [6.45, 7) is 2.35. The zero-order chi connectivity index (χ0) is 15.6. The third-order valence-corrected chi connectivity index (χ3v) is 4.36. The molecule has 7 nitrogen and oxygen atoms in total. The molecule has 0 aliphatic carbocycles. The van der Waals surface area contributed by atoms with Crippen LogP contribution in [0.4, 0.5) is 4.79 Å². The highest BCUT2D eigenvalue weighted by molar-refractivity contribution is 5.80. The van der Waals surface area contributed by atoms with Crippen molar-refractivity contribution < 1.29 is 24.2 Å². The number of carboxylic acids is 1. The molecule has 2 aliphatic heterocycles. The topological polar surface area (TPSA) is 87.2 Å². The van der Waals surface area contributed by atoms with E-state index in [-0.39, 0.29) is 37.0 Å². The fourth-order valence-electron chi connectivity index (χ4n) is 3.34. The molecule has 7 heteroatoms. The van der Waals surface area contributed by atoms with E-state index >= 15 is 0 Å². The average Bonchev–Trinajstić information content (AvgIpc) is 3.01. The lowest BCUT2D eigenvalue weighted by molar-refractivity contribution is -0.143. The monoisotopic (exact) mass is 298 g/mol. The third kappa shape index (κ3) is 3.11. The molecule has 2 rings (SSSR count). The minimum Gasteiger partial charge on any atom is -0.481 e. The largest absolute Gasteiger partial charge is 0.481 e. The van der Waals surface area contributed by atoms with Crippen molar-refractivity contribution in [1.29, 1.82) is 0 Å². The first kappa shape index (κ1) is 15.6. The number of ether oxygens (including phenoxy) is 1. The number of esters is 1. The first-order valence-corrected chi connectivity index (χ1v) is 7.37. The predicted octanol–water partition coefficient (Wildman–Crippen LogP) is 0.929. The smallest absolute Gasteiger partial charge is 0.320 e. The first-order valence-electron chi connectivity index (χ1n) is 7.37. The number of carbonyl (C=O) groups excluding carboxylic acids is 2. The minimum atomic E-state index is -0.825. The maximum Gasteiger partial charge on any atom is 0.320 e. The van der Waals surface area contributed by atoms with Crippen LogP contribution in [0.25, 0.3) is 0 Å². The van der Waals surface area contributed by atoms with Gasteiger partial charge in [0.2, 0.25) is 0 Å². The molecule has 1 N–H and O–H groups in total. The Hall–Kier alpha value is -1.79. The maximum atomic E-state index is 12.5. The van der Waals surface area contributed by atoms with Crippen LogP contribution in [0.3, 0.4) is 0 Å². The standard InChI is InChI=1S/C14H22N2O5/c1-3-21-12(17)6-7-15(2)14(20)16-9-4-5-11(16)10(8-9)13(18)19/h9-11H,3-8H2,1-2H3,(H,18,19). The quantitative estimate of drug-likeness (QED) is 0.763. The van der Waals surface area contributed by atoms with Gasteiger partial charge in [-0.15, -0.1) is 0 Å². The molecule has 0 radical (unpaired) electrons. The Kier molecular flexibility index (Phi) is 4.69. The van der Waals surface area contributed by atoms with Crippen LogP contribution in [-0.2, 0) is 14.3 Å². The van der Waals surface area contributed by atoms with Gasteiger partial charge in [-0.05, 0) is 26.2 Å². The minimum absolute atomic E-state index is 0.0219. The van der Waals surface area contributed by atoms with Crippen LogP contribution in [-0.4, -0.2) is 65.2 Å². The highest BCUT2D eigenvalue weighted by Gasteiger charge is 2.51. The summed E-state index contributed by atoms with van der Waals surface area (Å²) in [5, 5.41) is 9.20. The molecule has 0 aromatic heterocycles. The summed E-state index contributed by atoms with van der Waals surface area (Å²) in [5.41, 5.74) is 0. The van der Waals surface area contributed by atoms with Gasteiger partial charge < -0.3 is 19.6 Å². The Balaban J connectivity index is 1.91. The summed E-state index contributed by atoms with van der Waals surface area (Å²) in [5.74, 6) is -1.61. The lowest BCUT2D eigenvalue weighted by Gasteiger charge is -2.28. The highest BCUT2D eigenvalue weighted by Crippen LogP contribution is 2.42. The number of urea groups is 1. The van der Waals surface area contributed by atoms with Crippen LogP contribution in [0.1, 0.15) is 32.6 Å². The number of hydrogen-bond acceptors (Lipinski definition) is 4. The van der Waals surface area contributed by atoms with E-state index in [0.717, 1.165) is 12.8 Å². The van der Waals surface area contributed by atoms with E-state index in [1.54, 1.807) is 18.9 Å². The molecule has 0 saturated carbocycles. The summed E-state index contributed by atoms with van der Waals surface area (Å²) in [6, 6.07) is -0.366. The molecule has 2 fully saturated rings. The molecule has 2 amide bonds. The SMILES string of the molecule is CCOC(=O)CCN(C)C(=O)N1C2CCC1C(C(=O)O)C2. The molecule has 0 aromatic rings. The van der Waals surface area contributed by atoms with Crippen LogP contribution in [0.5, 0.6) is 0 Å². The third-order valence-electron chi connectivity index (χ3n) is 4.36. The number of rotatable bonds is 5. The summed E-state index contributed by atoms with van der Waals surface area (Å²) in [7, 11) is 1.63. The second-order valence-corrected chi connectivity index (χ2v) is 5.65. The summed E-state index contributed by atoms with van der Waals surface area (Å²) >= 11 is 0. The van der Waals surface area contributed by atoms with Crippen molar-refractivity contribution in [3.63, 3.8) is 0 Å². The molecule has 3 atom stereocenters. The molecule has 2 saturated heterocycles. The summed E-state index contributed by atoms with van der Waals surface area (Å²) < 4.78 is 4.83. The Bertz CT molecular complexity index is 439. The highest BCUT2D eigenvalue weighted by atomic mass is 16.5. The van der Waals surface area contributed by atoms with Crippen molar-refractivity contribution in [2.24, 2.45) is 5.92 Å². The number of nitrogens with zero attached hydrogens (tertiary/aromatic N) is 2. The molecule has 2 aliphatic rings. The molecule has 3 unspecified atom stereocenters. The lowest BCUT2D eigenvalue weighted by Crippen LogP contribution is -2.45. The molecule has 118 valence electrons. The van der Waals surface area contributed by atoms with Crippen LogP contribution < -0.4 is 0 Å². The van der Waals surface area contributed by atoms with Crippen LogP contribution in [0.15, 0.2) is 0 Å². The number of carbonyl (C=O) groups is 3. The molecule has 0 aromatic carbocycles. The van der Waals surface area contributed by atoms with E-state index in [0.29, 0.717) is 13.0 Å². The van der Waals surface area contributed by atoms with Gasteiger partial charge in [-0.2, -0.15) is 0 Å². The Morgan fingerprint density at radius 3 is 2.62 bits per heavy atom. The van der Waals surface area contributed by atoms with Crippen LogP contribution in [0, 0.1) is 5.92 Å². The van der Waals surface area contributed by atoms with Crippen LogP contribution in [0.2, 0.25) is 0 Å². The Labute approximate surface area is 123 Å². The van der Waals surface area contributed by atoms with Gasteiger partial charge in [0.05, 0.1) is 18.9 Å². The van der Waals surface area contributed by atoms with Gasteiger partial charge in [-0.1, -0.05) is 0 Å². The molecule has 0 spiro atoms. The van der Waals surface area contributed by atoms with Gasteiger partial charge in [0.25, 0.3) is 0 Å². The summed E-state index contributed by atoms with van der Waals surface area (Å²) in [4.78, 5) is 38.2. The van der Waals surface area contributed by atoms with Crippen molar-refractivity contribution in [1.82, 2.24) is 9.80 Å². The zero-order valence-electron chi connectivity index (χ0n) is 12.4. The predicted molar refractivity (Wildman–Crippen MR) is 73.7 cm³/mol. The fourth-order valence-corrected chi connectivity index (χ4v) is 3.34. The van der Waals surface area contributed by atoms with Crippen molar-refractivity contribution in [3.05, 3.63) is 0 Å². The number of amides is 2. The first-order chi connectivity index (χ1) is 9.95. The van der Waals surface area contributed by atoms with Crippen molar-refractivity contribution in [3.8, 4) is 0 Å².